The molecule has 0 amide bonds. The van der Waals surface area contributed by atoms with Crippen LogP contribution in [0.5, 0.6) is 0 Å². The Morgan fingerprint density at radius 3 is 3.00 bits per heavy atom. The van der Waals surface area contributed by atoms with Crippen LogP contribution in [0.25, 0.3) is 0 Å². The molecular formula is C8H9BrN2. The zero-order valence-electron chi connectivity index (χ0n) is 6.02. The quantitative estimate of drug-likeness (QED) is 0.647. The molecule has 3 heteroatoms. The lowest BCUT2D eigenvalue weighted by Gasteiger charge is -2.04. The third kappa shape index (κ3) is 0.997. The van der Waals surface area contributed by atoms with E-state index >= 15 is 0 Å². The number of halogens is 1. The minimum atomic E-state index is 0.896. The summed E-state index contributed by atoms with van der Waals surface area (Å²) in [4.78, 5) is 0. The topological polar surface area (TPSA) is 38.0 Å². The van der Waals surface area contributed by atoms with E-state index in [2.05, 4.69) is 21.2 Å². The summed E-state index contributed by atoms with van der Waals surface area (Å²) in [5.74, 6) is 0. The van der Waals surface area contributed by atoms with Crippen molar-refractivity contribution in [2.24, 2.45) is 0 Å². The molecule has 0 aliphatic carbocycles. The summed E-state index contributed by atoms with van der Waals surface area (Å²) in [7, 11) is 0. The highest BCUT2D eigenvalue weighted by Crippen LogP contribution is 2.34. The van der Waals surface area contributed by atoms with Crippen LogP contribution in [0, 0.1) is 0 Å². The fraction of sp³-hybridized carbons (Fsp3) is 0.250. The van der Waals surface area contributed by atoms with Crippen LogP contribution in [-0.2, 0) is 6.42 Å². The molecule has 1 aromatic carbocycles. The average molecular weight is 213 g/mol. The zero-order valence-corrected chi connectivity index (χ0v) is 7.61. The summed E-state index contributed by atoms with van der Waals surface area (Å²) >= 11 is 3.46. The number of rotatable bonds is 0. The fourth-order valence-electron chi connectivity index (χ4n) is 1.41. The highest BCUT2D eigenvalue weighted by Gasteiger charge is 2.14. The molecule has 0 bridgehead atoms. The number of nitrogens with one attached hydrogen (secondary N) is 1. The molecule has 1 heterocycles. The molecule has 3 N–H and O–H groups in total. The second-order valence-corrected chi connectivity index (χ2v) is 3.52. The molecule has 0 saturated heterocycles. The molecule has 1 aromatic rings. The van der Waals surface area contributed by atoms with Crippen molar-refractivity contribution < 1.29 is 0 Å². The summed E-state index contributed by atoms with van der Waals surface area (Å²) in [6.07, 6.45) is 1.04. The highest BCUT2D eigenvalue weighted by atomic mass is 79.9. The number of hydrogen-bond donors (Lipinski definition) is 2. The standard InChI is InChI=1S/C8H9BrN2/c9-6-1-2-7(10)5-3-4-11-8(5)6/h1-2,11H,3-4,10H2. The summed E-state index contributed by atoms with van der Waals surface area (Å²) in [5.41, 5.74) is 9.10. The van der Waals surface area contributed by atoms with E-state index in [0.717, 1.165) is 23.1 Å². The number of nitrogens with two attached hydrogens (primary N) is 1. The summed E-state index contributed by atoms with van der Waals surface area (Å²) in [5, 5.41) is 3.28. The molecule has 0 spiro atoms. The first-order chi connectivity index (χ1) is 5.29. The summed E-state index contributed by atoms with van der Waals surface area (Å²) in [6, 6.07) is 3.92. The molecule has 0 fully saturated rings. The van der Waals surface area contributed by atoms with E-state index in [1.165, 1.54) is 11.3 Å². The maximum absolute atomic E-state index is 5.78. The van der Waals surface area contributed by atoms with Crippen LogP contribution in [0.15, 0.2) is 16.6 Å². The second-order valence-electron chi connectivity index (χ2n) is 2.67. The Kier molecular flexibility index (Phi) is 1.53. The Balaban J connectivity index is 2.64. The van der Waals surface area contributed by atoms with Gasteiger partial charge in [-0.3, -0.25) is 0 Å². The van der Waals surface area contributed by atoms with Crippen molar-refractivity contribution in [2.45, 2.75) is 6.42 Å². The van der Waals surface area contributed by atoms with Crippen LogP contribution in [-0.4, -0.2) is 6.54 Å². The molecule has 0 radical (unpaired) electrons. The number of nitrogen functional groups attached to an aromatic ring is 1. The average Bonchev–Trinajstić information content (AvgIpc) is 2.45. The summed E-state index contributed by atoms with van der Waals surface area (Å²) < 4.78 is 1.11. The third-order valence-electron chi connectivity index (χ3n) is 1.98. The van der Waals surface area contributed by atoms with Gasteiger partial charge in [-0.05, 0) is 34.5 Å². The SMILES string of the molecule is Nc1ccc(Br)c2c1CCN2. The van der Waals surface area contributed by atoms with Crippen molar-refractivity contribution in [1.82, 2.24) is 0 Å². The normalized spacial score (nSPS) is 14.3. The maximum atomic E-state index is 5.78. The highest BCUT2D eigenvalue weighted by molar-refractivity contribution is 9.10. The second kappa shape index (κ2) is 2.41. The van der Waals surface area contributed by atoms with Crippen LogP contribution >= 0.6 is 15.9 Å². The Morgan fingerprint density at radius 2 is 2.27 bits per heavy atom. The van der Waals surface area contributed by atoms with E-state index in [1.807, 2.05) is 12.1 Å². The van der Waals surface area contributed by atoms with Gasteiger partial charge in [0.05, 0.1) is 5.69 Å². The van der Waals surface area contributed by atoms with E-state index in [1.54, 1.807) is 0 Å². The van der Waals surface area contributed by atoms with Gasteiger partial charge in [0.25, 0.3) is 0 Å². The van der Waals surface area contributed by atoms with Gasteiger partial charge in [-0.15, -0.1) is 0 Å². The van der Waals surface area contributed by atoms with Crippen molar-refractivity contribution in [2.75, 3.05) is 17.6 Å². The van der Waals surface area contributed by atoms with Gasteiger partial charge in [-0.25, -0.2) is 0 Å². The van der Waals surface area contributed by atoms with E-state index in [4.69, 9.17) is 5.73 Å². The first kappa shape index (κ1) is 6.98. The Hall–Kier alpha value is -0.700. The molecule has 2 rings (SSSR count). The van der Waals surface area contributed by atoms with Gasteiger partial charge in [0.1, 0.15) is 0 Å². The molecule has 1 aliphatic heterocycles. The molecule has 1 aliphatic rings. The van der Waals surface area contributed by atoms with Crippen molar-refractivity contribution >= 4 is 27.3 Å². The van der Waals surface area contributed by atoms with E-state index in [0.29, 0.717) is 0 Å². The van der Waals surface area contributed by atoms with Gasteiger partial charge in [0.2, 0.25) is 0 Å². The molecule has 0 unspecified atom stereocenters. The van der Waals surface area contributed by atoms with E-state index in [9.17, 15) is 0 Å². The van der Waals surface area contributed by atoms with Crippen molar-refractivity contribution in [3.63, 3.8) is 0 Å². The van der Waals surface area contributed by atoms with Crippen molar-refractivity contribution in [3.8, 4) is 0 Å². The van der Waals surface area contributed by atoms with Gasteiger partial charge in [0, 0.05) is 22.3 Å². The Morgan fingerprint density at radius 1 is 1.45 bits per heavy atom. The predicted molar refractivity (Wildman–Crippen MR) is 50.7 cm³/mol. The van der Waals surface area contributed by atoms with Gasteiger partial charge < -0.3 is 11.1 Å². The van der Waals surface area contributed by atoms with Crippen LogP contribution in [0.2, 0.25) is 0 Å². The van der Waals surface area contributed by atoms with Gasteiger partial charge in [-0.1, -0.05) is 0 Å². The maximum Gasteiger partial charge on any atom is 0.0538 e. The fourth-order valence-corrected chi connectivity index (χ4v) is 1.92. The molecule has 0 aromatic heterocycles. The van der Waals surface area contributed by atoms with Gasteiger partial charge in [0.15, 0.2) is 0 Å². The Labute approximate surface area is 73.9 Å². The minimum Gasteiger partial charge on any atom is -0.398 e. The van der Waals surface area contributed by atoms with Crippen LogP contribution in [0.4, 0.5) is 11.4 Å². The van der Waals surface area contributed by atoms with Crippen molar-refractivity contribution in [1.29, 1.82) is 0 Å². The zero-order chi connectivity index (χ0) is 7.84. The molecule has 0 saturated carbocycles. The molecule has 0 atom stereocenters. The lowest BCUT2D eigenvalue weighted by molar-refractivity contribution is 1.11. The van der Waals surface area contributed by atoms with E-state index in [-0.39, 0.29) is 0 Å². The number of hydrogen-bond acceptors (Lipinski definition) is 2. The third-order valence-corrected chi connectivity index (χ3v) is 2.64. The lowest BCUT2D eigenvalue weighted by Crippen LogP contribution is -1.91. The first-order valence-corrected chi connectivity index (χ1v) is 4.39. The van der Waals surface area contributed by atoms with Gasteiger partial charge >= 0.3 is 0 Å². The van der Waals surface area contributed by atoms with Gasteiger partial charge in [-0.2, -0.15) is 0 Å². The monoisotopic (exact) mass is 212 g/mol. The molecule has 2 nitrogen and oxygen atoms in total. The summed E-state index contributed by atoms with van der Waals surface area (Å²) in [6.45, 7) is 1.00. The number of fused-ring (bicyclic) bond motifs is 1. The van der Waals surface area contributed by atoms with Crippen LogP contribution < -0.4 is 11.1 Å². The smallest absolute Gasteiger partial charge is 0.0538 e. The van der Waals surface area contributed by atoms with Crippen LogP contribution in [0.3, 0.4) is 0 Å². The van der Waals surface area contributed by atoms with E-state index < -0.39 is 0 Å². The first-order valence-electron chi connectivity index (χ1n) is 3.60. The minimum absolute atomic E-state index is 0.896. The van der Waals surface area contributed by atoms with Crippen LogP contribution in [0.1, 0.15) is 5.56 Å². The predicted octanol–water partition coefficient (Wildman–Crippen LogP) is 2.00. The molecular weight excluding hydrogens is 204 g/mol. The van der Waals surface area contributed by atoms with Crippen molar-refractivity contribution in [3.05, 3.63) is 22.2 Å². The number of anilines is 2. The molecule has 58 valence electrons. The largest absolute Gasteiger partial charge is 0.398 e. The lowest BCUT2D eigenvalue weighted by atomic mass is 10.1. The Bertz CT molecular complexity index is 267. The molecule has 11 heavy (non-hydrogen) atoms. The number of benzene rings is 1.